The summed E-state index contributed by atoms with van der Waals surface area (Å²) >= 11 is 0. The second-order valence-corrected chi connectivity index (χ2v) is 3.22. The fourth-order valence-corrected chi connectivity index (χ4v) is 1.14. The van der Waals surface area contributed by atoms with Crippen molar-refractivity contribution in [3.63, 3.8) is 0 Å². The van der Waals surface area contributed by atoms with Crippen LogP contribution < -0.4 is 0 Å². The molecule has 16 heavy (non-hydrogen) atoms. The van der Waals surface area contributed by atoms with Crippen molar-refractivity contribution in [2.24, 2.45) is 0 Å². The van der Waals surface area contributed by atoms with Gasteiger partial charge in [0.1, 0.15) is 12.5 Å². The fraction of sp³-hybridized carbons (Fsp3) is 0.231. The molecule has 3 nitrogen and oxygen atoms in total. The molecule has 0 unspecified atom stereocenters. The van der Waals surface area contributed by atoms with Gasteiger partial charge in [-0.1, -0.05) is 17.9 Å². The van der Waals surface area contributed by atoms with E-state index in [2.05, 4.69) is 22.6 Å². The van der Waals surface area contributed by atoms with E-state index in [9.17, 15) is 4.79 Å². The zero-order valence-corrected chi connectivity index (χ0v) is 9.20. The van der Waals surface area contributed by atoms with Gasteiger partial charge in [-0.2, -0.15) is 5.26 Å². The third-order valence-electron chi connectivity index (χ3n) is 1.98. The lowest BCUT2D eigenvalue weighted by molar-refractivity contribution is -0.139. The van der Waals surface area contributed by atoms with Crippen LogP contribution in [0.3, 0.4) is 0 Å². The van der Waals surface area contributed by atoms with Crippen molar-refractivity contribution in [1.82, 2.24) is 0 Å². The molecule has 0 heterocycles. The number of benzene rings is 1. The second-order valence-electron chi connectivity index (χ2n) is 3.22. The van der Waals surface area contributed by atoms with Crippen molar-refractivity contribution < 1.29 is 9.53 Å². The molecule has 0 aromatic heterocycles. The average molecular weight is 213 g/mol. The molecule has 0 aliphatic rings. The molecule has 0 atom stereocenters. The number of methoxy groups -OCH3 is 1. The summed E-state index contributed by atoms with van der Waals surface area (Å²) in [6.45, 7) is 1.92. The predicted octanol–water partition coefficient (Wildman–Crippen LogP) is 1.78. The first kappa shape index (κ1) is 11.8. The van der Waals surface area contributed by atoms with Gasteiger partial charge in [0.2, 0.25) is 0 Å². The number of carbonyl (C=O) groups is 1. The van der Waals surface area contributed by atoms with Gasteiger partial charge in [-0.05, 0) is 24.6 Å². The molecule has 3 heteroatoms. The molecule has 0 fully saturated rings. The summed E-state index contributed by atoms with van der Waals surface area (Å²) in [5, 5.41) is 8.85. The van der Waals surface area contributed by atoms with Crippen molar-refractivity contribution in [3.8, 4) is 17.9 Å². The van der Waals surface area contributed by atoms with Crippen molar-refractivity contribution in [2.75, 3.05) is 7.11 Å². The van der Waals surface area contributed by atoms with Crippen LogP contribution in [0.15, 0.2) is 18.2 Å². The Morgan fingerprint density at radius 3 is 2.81 bits per heavy atom. The molecule has 1 aromatic rings. The number of carbonyl (C=O) groups excluding carboxylic acids is 1. The Hall–Kier alpha value is -2.26. The summed E-state index contributed by atoms with van der Waals surface area (Å²) in [5.74, 6) is 5.10. The number of rotatable bonds is 1. The Balaban J connectivity index is 2.92. The lowest BCUT2D eigenvalue weighted by atomic mass is 10.1. The van der Waals surface area contributed by atoms with Crippen molar-refractivity contribution in [3.05, 3.63) is 34.9 Å². The van der Waals surface area contributed by atoms with E-state index in [1.165, 1.54) is 7.11 Å². The third kappa shape index (κ3) is 3.15. The van der Waals surface area contributed by atoms with Crippen LogP contribution in [0, 0.1) is 30.1 Å². The van der Waals surface area contributed by atoms with Crippen LogP contribution >= 0.6 is 0 Å². The molecule has 0 spiro atoms. The fourth-order valence-electron chi connectivity index (χ4n) is 1.14. The van der Waals surface area contributed by atoms with Crippen LogP contribution in [0.4, 0.5) is 0 Å². The molecule has 1 rings (SSSR count). The SMILES string of the molecule is COC(=O)CC#Cc1cc(C)ccc1C#N. The summed E-state index contributed by atoms with van der Waals surface area (Å²) in [7, 11) is 1.32. The Bertz CT molecular complexity index is 501. The highest BCUT2D eigenvalue weighted by molar-refractivity contribution is 5.72. The molecule has 0 aliphatic carbocycles. The minimum Gasteiger partial charge on any atom is -0.468 e. The summed E-state index contributed by atoms with van der Waals surface area (Å²) in [4.78, 5) is 10.8. The van der Waals surface area contributed by atoms with E-state index in [1.54, 1.807) is 6.07 Å². The second kappa shape index (κ2) is 5.58. The van der Waals surface area contributed by atoms with Crippen LogP contribution in [0.25, 0.3) is 0 Å². The van der Waals surface area contributed by atoms with E-state index in [1.807, 2.05) is 19.1 Å². The zero-order chi connectivity index (χ0) is 12.0. The number of nitriles is 1. The van der Waals surface area contributed by atoms with Gasteiger partial charge >= 0.3 is 5.97 Å². The predicted molar refractivity (Wildman–Crippen MR) is 59.4 cm³/mol. The maximum absolute atomic E-state index is 10.8. The molecule has 0 saturated carbocycles. The molecule has 0 radical (unpaired) electrons. The van der Waals surface area contributed by atoms with Gasteiger partial charge in [0.25, 0.3) is 0 Å². The highest BCUT2D eigenvalue weighted by Gasteiger charge is 1.99. The number of nitrogens with zero attached hydrogens (tertiary/aromatic N) is 1. The van der Waals surface area contributed by atoms with E-state index < -0.39 is 0 Å². The monoisotopic (exact) mass is 213 g/mol. The van der Waals surface area contributed by atoms with Gasteiger partial charge in [0, 0.05) is 5.56 Å². The quantitative estimate of drug-likeness (QED) is 0.527. The molecule has 0 aliphatic heterocycles. The van der Waals surface area contributed by atoms with Crippen LogP contribution in [-0.4, -0.2) is 13.1 Å². The molecular weight excluding hydrogens is 202 g/mol. The number of esters is 1. The Morgan fingerprint density at radius 2 is 2.19 bits per heavy atom. The van der Waals surface area contributed by atoms with Crippen LogP contribution in [0.5, 0.6) is 0 Å². The van der Waals surface area contributed by atoms with Gasteiger partial charge in [-0.25, -0.2) is 0 Å². The van der Waals surface area contributed by atoms with Crippen LogP contribution in [0.1, 0.15) is 23.1 Å². The highest BCUT2D eigenvalue weighted by atomic mass is 16.5. The maximum atomic E-state index is 10.8. The summed E-state index contributed by atoms with van der Waals surface area (Å²) in [6.07, 6.45) is 0.0370. The van der Waals surface area contributed by atoms with E-state index in [0.29, 0.717) is 11.1 Å². The molecule has 0 bridgehead atoms. The summed E-state index contributed by atoms with van der Waals surface area (Å²) in [5.41, 5.74) is 2.19. The van der Waals surface area contributed by atoms with E-state index in [0.717, 1.165) is 5.56 Å². The molecule has 0 amide bonds. The first-order valence-corrected chi connectivity index (χ1v) is 4.74. The van der Waals surface area contributed by atoms with Gasteiger partial charge in [-0.3, -0.25) is 4.79 Å². The van der Waals surface area contributed by atoms with Crippen molar-refractivity contribution in [2.45, 2.75) is 13.3 Å². The molecule has 80 valence electrons. The molecule has 0 N–H and O–H groups in total. The van der Waals surface area contributed by atoms with E-state index in [4.69, 9.17) is 5.26 Å². The van der Waals surface area contributed by atoms with E-state index >= 15 is 0 Å². The average Bonchev–Trinajstić information content (AvgIpc) is 2.29. The number of hydrogen-bond donors (Lipinski definition) is 0. The maximum Gasteiger partial charge on any atom is 0.317 e. The standard InChI is InChI=1S/C13H11NO2/c1-10-6-7-12(9-14)11(8-10)4-3-5-13(15)16-2/h6-8H,5H2,1-2H3. The molecule has 1 aromatic carbocycles. The minimum atomic E-state index is -0.376. The van der Waals surface area contributed by atoms with Crippen LogP contribution in [-0.2, 0) is 9.53 Å². The summed E-state index contributed by atoms with van der Waals surface area (Å²) < 4.78 is 4.46. The zero-order valence-electron chi connectivity index (χ0n) is 9.20. The summed E-state index contributed by atoms with van der Waals surface area (Å²) in [6, 6.07) is 7.45. The minimum absolute atomic E-state index is 0.0370. The topological polar surface area (TPSA) is 50.1 Å². The molecule has 0 saturated heterocycles. The largest absolute Gasteiger partial charge is 0.468 e. The third-order valence-corrected chi connectivity index (χ3v) is 1.98. The Kier molecular flexibility index (Phi) is 4.12. The van der Waals surface area contributed by atoms with Gasteiger partial charge < -0.3 is 4.74 Å². The Morgan fingerprint density at radius 1 is 1.44 bits per heavy atom. The lowest BCUT2D eigenvalue weighted by Crippen LogP contribution is -1.97. The number of ether oxygens (including phenoxy) is 1. The first-order valence-electron chi connectivity index (χ1n) is 4.74. The van der Waals surface area contributed by atoms with Crippen molar-refractivity contribution >= 4 is 5.97 Å². The smallest absolute Gasteiger partial charge is 0.317 e. The normalized spacial score (nSPS) is 8.56. The van der Waals surface area contributed by atoms with Gasteiger partial charge in [0.05, 0.1) is 12.7 Å². The van der Waals surface area contributed by atoms with Gasteiger partial charge in [-0.15, -0.1) is 0 Å². The highest BCUT2D eigenvalue weighted by Crippen LogP contribution is 2.09. The van der Waals surface area contributed by atoms with E-state index in [-0.39, 0.29) is 12.4 Å². The number of hydrogen-bond acceptors (Lipinski definition) is 3. The Labute approximate surface area is 94.7 Å². The first-order chi connectivity index (χ1) is 7.67. The van der Waals surface area contributed by atoms with Crippen LogP contribution in [0.2, 0.25) is 0 Å². The molecular formula is C13H11NO2. The van der Waals surface area contributed by atoms with Crippen molar-refractivity contribution in [1.29, 1.82) is 5.26 Å². The van der Waals surface area contributed by atoms with Gasteiger partial charge in [0.15, 0.2) is 0 Å². The lowest BCUT2D eigenvalue weighted by Gasteiger charge is -1.96. The number of aryl methyl sites for hydroxylation is 1.